The maximum absolute atomic E-state index is 13.1. The van der Waals surface area contributed by atoms with Crippen LogP contribution in [0.25, 0.3) is 6.08 Å². The van der Waals surface area contributed by atoms with Gasteiger partial charge >= 0.3 is 5.97 Å². The molecule has 3 aromatic carbocycles. The minimum absolute atomic E-state index is 0.161. The lowest BCUT2D eigenvalue weighted by molar-refractivity contribution is -0.142. The van der Waals surface area contributed by atoms with E-state index >= 15 is 0 Å². The third-order valence-corrected chi connectivity index (χ3v) is 7.20. The molecule has 0 fully saturated rings. The van der Waals surface area contributed by atoms with Crippen LogP contribution in [0.1, 0.15) is 16.7 Å². The van der Waals surface area contributed by atoms with Gasteiger partial charge in [-0.25, -0.2) is 13.2 Å². The van der Waals surface area contributed by atoms with Gasteiger partial charge in [-0.2, -0.15) is 5.26 Å². The molecule has 0 aromatic heterocycles. The van der Waals surface area contributed by atoms with Gasteiger partial charge in [0.2, 0.25) is 0 Å². The van der Waals surface area contributed by atoms with E-state index in [4.69, 9.17) is 10.00 Å². The number of benzene rings is 3. The molecular weight excluding hydrogens is 466 g/mol. The molecule has 4 rings (SSSR count). The van der Waals surface area contributed by atoms with Crippen molar-refractivity contribution in [3.8, 4) is 6.07 Å². The minimum atomic E-state index is -3.69. The average molecular weight is 488 g/mol. The van der Waals surface area contributed by atoms with Crippen molar-refractivity contribution < 1.29 is 22.7 Å². The van der Waals surface area contributed by atoms with Gasteiger partial charge in [-0.05, 0) is 66.1 Å². The number of anilines is 2. The second-order valence-electron chi connectivity index (χ2n) is 7.70. The van der Waals surface area contributed by atoms with Crippen LogP contribution in [-0.4, -0.2) is 33.4 Å². The molecule has 1 N–H and O–H groups in total. The first-order chi connectivity index (χ1) is 16.9. The van der Waals surface area contributed by atoms with Gasteiger partial charge in [0.1, 0.15) is 0 Å². The van der Waals surface area contributed by atoms with Gasteiger partial charge in [0.15, 0.2) is 6.61 Å². The van der Waals surface area contributed by atoms with Crippen molar-refractivity contribution in [2.45, 2.75) is 11.3 Å². The van der Waals surface area contributed by atoms with Gasteiger partial charge < -0.3 is 10.1 Å². The zero-order chi connectivity index (χ0) is 24.8. The Hall–Kier alpha value is -4.42. The number of carbonyl (C=O) groups excluding carboxylic acids is 2. The number of ether oxygens (including phenoxy) is 1. The molecule has 0 saturated heterocycles. The van der Waals surface area contributed by atoms with Gasteiger partial charge in [-0.15, -0.1) is 0 Å². The van der Waals surface area contributed by atoms with Crippen LogP contribution in [-0.2, 0) is 30.8 Å². The van der Waals surface area contributed by atoms with Gasteiger partial charge in [-0.1, -0.05) is 30.3 Å². The highest BCUT2D eigenvalue weighted by Crippen LogP contribution is 2.32. The Balaban J connectivity index is 1.31. The number of esters is 1. The van der Waals surface area contributed by atoms with E-state index < -0.39 is 28.5 Å². The Kier molecular flexibility index (Phi) is 6.94. The van der Waals surface area contributed by atoms with E-state index in [1.54, 1.807) is 42.5 Å². The third kappa shape index (κ3) is 5.57. The fourth-order valence-corrected chi connectivity index (χ4v) is 5.11. The van der Waals surface area contributed by atoms with Crippen LogP contribution >= 0.6 is 0 Å². The number of hydrogen-bond donors (Lipinski definition) is 1. The zero-order valence-electron chi connectivity index (χ0n) is 18.5. The van der Waals surface area contributed by atoms with Crippen molar-refractivity contribution in [3.05, 3.63) is 95.6 Å². The van der Waals surface area contributed by atoms with E-state index in [1.807, 2.05) is 24.3 Å². The second-order valence-corrected chi connectivity index (χ2v) is 9.57. The smallest absolute Gasteiger partial charge is 0.331 e. The molecular formula is C26H21N3O5S. The molecule has 3 aromatic rings. The highest BCUT2D eigenvalue weighted by Gasteiger charge is 2.30. The van der Waals surface area contributed by atoms with Crippen molar-refractivity contribution >= 4 is 39.4 Å². The Labute approximate surface area is 203 Å². The van der Waals surface area contributed by atoms with Crippen molar-refractivity contribution in [1.82, 2.24) is 0 Å². The lowest BCUT2D eigenvalue weighted by Gasteiger charge is -2.19. The van der Waals surface area contributed by atoms with Crippen LogP contribution < -0.4 is 9.62 Å². The summed E-state index contributed by atoms with van der Waals surface area (Å²) in [7, 11) is -3.69. The van der Waals surface area contributed by atoms with Gasteiger partial charge in [0.05, 0.1) is 22.2 Å². The highest BCUT2D eigenvalue weighted by atomic mass is 32.2. The average Bonchev–Trinajstić information content (AvgIpc) is 3.32. The standard InChI is InChI=1S/C26H21N3O5S/c27-17-20-5-10-22(11-6-20)28-25(30)18-34-26(31)14-9-19-7-12-23(13-8-19)35(32,33)29-16-15-21-3-1-2-4-24(21)29/h1-14H,15-16,18H2,(H,28,30)/b14-9+. The van der Waals surface area contributed by atoms with E-state index in [1.165, 1.54) is 22.5 Å². The predicted molar refractivity (Wildman–Crippen MR) is 131 cm³/mol. The molecule has 0 atom stereocenters. The largest absolute Gasteiger partial charge is 0.452 e. The third-order valence-electron chi connectivity index (χ3n) is 5.37. The molecule has 0 saturated carbocycles. The summed E-state index contributed by atoms with van der Waals surface area (Å²) in [5.41, 5.74) is 3.24. The van der Waals surface area contributed by atoms with Crippen molar-refractivity contribution in [1.29, 1.82) is 5.26 Å². The Bertz CT molecular complexity index is 1420. The first-order valence-corrected chi connectivity index (χ1v) is 12.2. The van der Waals surface area contributed by atoms with E-state index in [0.717, 1.165) is 11.6 Å². The van der Waals surface area contributed by atoms with Crippen LogP contribution in [0.15, 0.2) is 83.8 Å². The van der Waals surface area contributed by atoms with Gasteiger partial charge in [0, 0.05) is 18.3 Å². The molecule has 1 aliphatic heterocycles. The first-order valence-electron chi connectivity index (χ1n) is 10.7. The minimum Gasteiger partial charge on any atom is -0.452 e. The summed E-state index contributed by atoms with van der Waals surface area (Å²) in [6.45, 7) is -0.0778. The highest BCUT2D eigenvalue weighted by molar-refractivity contribution is 7.92. The van der Waals surface area contributed by atoms with Crippen LogP contribution in [0.3, 0.4) is 0 Å². The van der Waals surface area contributed by atoms with Crippen LogP contribution in [0, 0.1) is 11.3 Å². The summed E-state index contributed by atoms with van der Waals surface area (Å²) in [6, 6.07) is 21.9. The molecule has 1 amide bonds. The Morgan fingerprint density at radius 1 is 1.03 bits per heavy atom. The number of fused-ring (bicyclic) bond motifs is 1. The fraction of sp³-hybridized carbons (Fsp3) is 0.115. The predicted octanol–water partition coefficient (Wildman–Crippen LogP) is 3.50. The van der Waals surface area contributed by atoms with Crippen molar-refractivity contribution in [2.75, 3.05) is 22.8 Å². The van der Waals surface area contributed by atoms with E-state index in [2.05, 4.69) is 5.32 Å². The Morgan fingerprint density at radius 3 is 2.46 bits per heavy atom. The number of nitrogens with zero attached hydrogens (tertiary/aromatic N) is 2. The number of rotatable bonds is 7. The number of carbonyl (C=O) groups is 2. The van der Waals surface area contributed by atoms with Crippen LogP contribution in [0.4, 0.5) is 11.4 Å². The summed E-state index contributed by atoms with van der Waals surface area (Å²) in [5.74, 6) is -1.24. The number of nitriles is 1. The zero-order valence-corrected chi connectivity index (χ0v) is 19.4. The number of amides is 1. The maximum Gasteiger partial charge on any atom is 0.331 e. The molecule has 0 spiro atoms. The van der Waals surface area contributed by atoms with E-state index in [9.17, 15) is 18.0 Å². The first kappa shape index (κ1) is 23.7. The van der Waals surface area contributed by atoms with E-state index in [0.29, 0.717) is 35.5 Å². The lowest BCUT2D eigenvalue weighted by atomic mass is 10.2. The molecule has 0 unspecified atom stereocenters. The lowest BCUT2D eigenvalue weighted by Crippen LogP contribution is -2.29. The monoisotopic (exact) mass is 487 g/mol. The number of para-hydroxylation sites is 1. The van der Waals surface area contributed by atoms with Crippen molar-refractivity contribution in [2.24, 2.45) is 0 Å². The van der Waals surface area contributed by atoms with Crippen molar-refractivity contribution in [3.63, 3.8) is 0 Å². The second kappa shape index (κ2) is 10.2. The number of hydrogen-bond acceptors (Lipinski definition) is 6. The SMILES string of the molecule is N#Cc1ccc(NC(=O)COC(=O)/C=C/c2ccc(S(=O)(=O)N3CCc4ccccc43)cc2)cc1. The summed E-state index contributed by atoms with van der Waals surface area (Å²) in [4.78, 5) is 24.0. The van der Waals surface area contributed by atoms with Gasteiger partial charge in [-0.3, -0.25) is 9.10 Å². The normalized spacial score (nSPS) is 12.7. The molecule has 0 aliphatic carbocycles. The molecule has 1 aliphatic rings. The van der Waals surface area contributed by atoms with Crippen LogP contribution in [0.5, 0.6) is 0 Å². The summed E-state index contributed by atoms with van der Waals surface area (Å²) < 4.78 is 32.5. The molecule has 35 heavy (non-hydrogen) atoms. The molecule has 0 bridgehead atoms. The maximum atomic E-state index is 13.1. The summed E-state index contributed by atoms with van der Waals surface area (Å²) in [5, 5.41) is 11.3. The number of nitrogens with one attached hydrogen (secondary N) is 1. The molecule has 176 valence electrons. The number of sulfonamides is 1. The Morgan fingerprint density at radius 2 is 1.74 bits per heavy atom. The molecule has 8 nitrogen and oxygen atoms in total. The molecule has 9 heteroatoms. The van der Waals surface area contributed by atoms with Crippen LogP contribution in [0.2, 0.25) is 0 Å². The van der Waals surface area contributed by atoms with E-state index in [-0.39, 0.29) is 4.90 Å². The fourth-order valence-electron chi connectivity index (χ4n) is 3.61. The van der Waals surface area contributed by atoms with Gasteiger partial charge in [0.25, 0.3) is 15.9 Å². The molecule has 0 radical (unpaired) electrons. The summed E-state index contributed by atoms with van der Waals surface area (Å²) in [6.07, 6.45) is 3.31. The molecule has 1 heterocycles. The quantitative estimate of drug-likeness (QED) is 0.403. The topological polar surface area (TPSA) is 117 Å². The summed E-state index contributed by atoms with van der Waals surface area (Å²) >= 11 is 0.